The molecule has 3 nitrogen and oxygen atoms in total. The highest BCUT2D eigenvalue weighted by Gasteiger charge is 2.41. The molecule has 1 aromatic carbocycles. The van der Waals surface area contributed by atoms with Gasteiger partial charge >= 0.3 is 0 Å². The zero-order chi connectivity index (χ0) is 24.9. The molecule has 0 heterocycles. The lowest BCUT2D eigenvalue weighted by atomic mass is 9.91. The second-order valence-electron chi connectivity index (χ2n) is 8.99. The number of aryl methyl sites for hydroxylation is 1. The summed E-state index contributed by atoms with van der Waals surface area (Å²) in [5.74, 6) is -7.31. The molecule has 0 fully saturated rings. The fourth-order valence-electron chi connectivity index (χ4n) is 4.29. The van der Waals surface area contributed by atoms with Gasteiger partial charge in [-0.1, -0.05) is 58.3 Å². The molecule has 0 amide bonds. The van der Waals surface area contributed by atoms with E-state index in [4.69, 9.17) is 14.2 Å². The topological polar surface area (TPSA) is 27.7 Å². The summed E-state index contributed by atoms with van der Waals surface area (Å²) >= 11 is 0. The maximum absolute atomic E-state index is 13.9. The third-order valence-electron chi connectivity index (χ3n) is 6.05. The Balaban J connectivity index is 2.67. The van der Waals surface area contributed by atoms with Crippen LogP contribution >= 0.6 is 0 Å². The van der Waals surface area contributed by atoms with E-state index < -0.39 is 29.2 Å². The molecule has 0 saturated carbocycles. The third kappa shape index (κ3) is 9.53. The molecule has 0 radical (unpaired) electrons. The van der Waals surface area contributed by atoms with Crippen molar-refractivity contribution in [1.82, 2.24) is 0 Å². The molecule has 0 aliphatic rings. The Hall–Kier alpha value is -1.18. The molecule has 192 valence electrons. The molecule has 1 unspecified atom stereocenters. The van der Waals surface area contributed by atoms with Crippen molar-refractivity contribution in [2.24, 2.45) is 5.92 Å². The molecule has 0 bridgehead atoms. The quantitative estimate of drug-likeness (QED) is 0.0702. The number of rotatable bonds is 18. The van der Waals surface area contributed by atoms with Crippen LogP contribution in [0, 0.1) is 29.2 Å². The summed E-state index contributed by atoms with van der Waals surface area (Å²) in [5, 5.41) is 0. The second kappa shape index (κ2) is 15.7. The Morgan fingerprint density at radius 2 is 1.30 bits per heavy atom. The standard InChI is InChI=1S/C26H42F4O3/c1-6-7-8-9-10-13-16-21(26(31-4,32-5)33-19(2)3)17-14-11-12-15-20-18-22(27)24(29)25(30)23(20)28/h18-19,21H,6-17H2,1-5H3. The van der Waals surface area contributed by atoms with E-state index in [9.17, 15) is 17.6 Å². The zero-order valence-corrected chi connectivity index (χ0v) is 21.0. The van der Waals surface area contributed by atoms with E-state index in [2.05, 4.69) is 6.92 Å². The lowest BCUT2D eigenvalue weighted by Gasteiger charge is -2.39. The van der Waals surface area contributed by atoms with Crippen molar-refractivity contribution in [3.05, 3.63) is 34.9 Å². The average Bonchev–Trinajstić information content (AvgIpc) is 2.79. The molecular formula is C26H42F4O3. The van der Waals surface area contributed by atoms with Gasteiger partial charge in [0.15, 0.2) is 23.3 Å². The van der Waals surface area contributed by atoms with E-state index in [-0.39, 0.29) is 24.0 Å². The molecule has 0 N–H and O–H groups in total. The van der Waals surface area contributed by atoms with Gasteiger partial charge in [0.2, 0.25) is 0 Å². The predicted octanol–water partition coefficient (Wildman–Crippen LogP) is 8.08. The average molecular weight is 479 g/mol. The minimum absolute atomic E-state index is 0.0125. The van der Waals surface area contributed by atoms with E-state index in [1.165, 1.54) is 25.7 Å². The fraction of sp³-hybridized carbons (Fsp3) is 0.769. The Morgan fingerprint density at radius 1 is 0.758 bits per heavy atom. The highest BCUT2D eigenvalue weighted by molar-refractivity contribution is 5.21. The summed E-state index contributed by atoms with van der Waals surface area (Å²) in [6.07, 6.45) is 10.9. The first-order chi connectivity index (χ1) is 15.7. The first-order valence-electron chi connectivity index (χ1n) is 12.3. The fourth-order valence-corrected chi connectivity index (χ4v) is 4.29. The Labute approximate surface area is 197 Å². The Kier molecular flexibility index (Phi) is 14.2. The molecule has 1 aromatic rings. The molecule has 1 rings (SSSR count). The van der Waals surface area contributed by atoms with Crippen molar-refractivity contribution in [1.29, 1.82) is 0 Å². The number of hydrogen-bond donors (Lipinski definition) is 0. The molecule has 0 saturated heterocycles. The molecule has 33 heavy (non-hydrogen) atoms. The van der Waals surface area contributed by atoms with Crippen molar-refractivity contribution >= 4 is 0 Å². The molecule has 0 aliphatic carbocycles. The van der Waals surface area contributed by atoms with Gasteiger partial charge in [0, 0.05) is 20.1 Å². The van der Waals surface area contributed by atoms with E-state index in [1.54, 1.807) is 14.2 Å². The number of benzene rings is 1. The summed E-state index contributed by atoms with van der Waals surface area (Å²) in [6.45, 7) is 6.07. The molecule has 0 aromatic heterocycles. The van der Waals surface area contributed by atoms with Gasteiger partial charge in [-0.05, 0) is 51.2 Å². The summed E-state index contributed by atoms with van der Waals surface area (Å²) in [7, 11) is 3.17. The van der Waals surface area contributed by atoms with Gasteiger partial charge in [-0.15, -0.1) is 0 Å². The van der Waals surface area contributed by atoms with Crippen molar-refractivity contribution in [3.63, 3.8) is 0 Å². The summed E-state index contributed by atoms with van der Waals surface area (Å²) in [6, 6.07) is 0.743. The van der Waals surface area contributed by atoms with Crippen LogP contribution in [0.25, 0.3) is 0 Å². The lowest BCUT2D eigenvalue weighted by Crippen LogP contribution is -2.46. The minimum Gasteiger partial charge on any atom is -0.331 e. The van der Waals surface area contributed by atoms with Crippen LogP contribution in [0.2, 0.25) is 0 Å². The molecule has 7 heteroatoms. The maximum atomic E-state index is 13.9. The van der Waals surface area contributed by atoms with Gasteiger partial charge in [-0.3, -0.25) is 0 Å². The van der Waals surface area contributed by atoms with Crippen molar-refractivity contribution < 1.29 is 31.8 Å². The van der Waals surface area contributed by atoms with Crippen LogP contribution in [0.3, 0.4) is 0 Å². The van der Waals surface area contributed by atoms with Crippen LogP contribution in [0.1, 0.15) is 97.0 Å². The highest BCUT2D eigenvalue weighted by Crippen LogP contribution is 2.34. The van der Waals surface area contributed by atoms with Gasteiger partial charge in [0.25, 0.3) is 5.97 Å². The van der Waals surface area contributed by atoms with Crippen molar-refractivity contribution in [2.75, 3.05) is 14.2 Å². The summed E-state index contributed by atoms with van der Waals surface area (Å²) < 4.78 is 71.3. The number of halogens is 4. The third-order valence-corrected chi connectivity index (χ3v) is 6.05. The number of ether oxygens (including phenoxy) is 3. The minimum atomic E-state index is -1.77. The zero-order valence-electron chi connectivity index (χ0n) is 21.0. The van der Waals surface area contributed by atoms with E-state index in [0.717, 1.165) is 44.6 Å². The van der Waals surface area contributed by atoms with Gasteiger partial charge in [0.1, 0.15) is 0 Å². The van der Waals surface area contributed by atoms with Gasteiger partial charge in [-0.2, -0.15) is 0 Å². The van der Waals surface area contributed by atoms with Crippen LogP contribution in [-0.2, 0) is 20.6 Å². The normalized spacial score (nSPS) is 13.2. The van der Waals surface area contributed by atoms with Crippen molar-refractivity contribution in [3.8, 4) is 0 Å². The first-order valence-corrected chi connectivity index (χ1v) is 12.3. The molecule has 0 spiro atoms. The van der Waals surface area contributed by atoms with Crippen molar-refractivity contribution in [2.45, 2.75) is 110 Å². The Morgan fingerprint density at radius 3 is 1.85 bits per heavy atom. The van der Waals surface area contributed by atoms with Crippen LogP contribution in [0.5, 0.6) is 0 Å². The predicted molar refractivity (Wildman–Crippen MR) is 123 cm³/mol. The first kappa shape index (κ1) is 29.9. The molecular weight excluding hydrogens is 436 g/mol. The van der Waals surface area contributed by atoms with Gasteiger partial charge in [0.05, 0.1) is 6.10 Å². The smallest absolute Gasteiger partial charge is 0.285 e. The van der Waals surface area contributed by atoms with Gasteiger partial charge in [-0.25, -0.2) is 17.6 Å². The van der Waals surface area contributed by atoms with Crippen LogP contribution in [0.4, 0.5) is 17.6 Å². The summed E-state index contributed by atoms with van der Waals surface area (Å²) in [4.78, 5) is 0. The van der Waals surface area contributed by atoms with Crippen LogP contribution in [0.15, 0.2) is 6.07 Å². The second-order valence-corrected chi connectivity index (χ2v) is 8.99. The number of methoxy groups -OCH3 is 2. The van der Waals surface area contributed by atoms with Crippen LogP contribution < -0.4 is 0 Å². The van der Waals surface area contributed by atoms with E-state index in [1.807, 2.05) is 13.8 Å². The van der Waals surface area contributed by atoms with Gasteiger partial charge < -0.3 is 14.2 Å². The monoisotopic (exact) mass is 478 g/mol. The number of unbranched alkanes of at least 4 members (excludes halogenated alkanes) is 7. The lowest BCUT2D eigenvalue weighted by molar-refractivity contribution is -0.399. The SMILES string of the molecule is CCCCCCCCC(CCCCCc1cc(F)c(F)c(F)c1F)C(OC)(OC)OC(C)C. The molecule has 1 atom stereocenters. The summed E-state index contributed by atoms with van der Waals surface area (Å²) in [5.41, 5.74) is -0.138. The van der Waals surface area contributed by atoms with E-state index >= 15 is 0 Å². The van der Waals surface area contributed by atoms with Crippen LogP contribution in [-0.4, -0.2) is 26.3 Å². The Bertz CT molecular complexity index is 678. The molecule has 0 aliphatic heterocycles. The largest absolute Gasteiger partial charge is 0.331 e. The highest BCUT2D eigenvalue weighted by atomic mass is 19.2. The maximum Gasteiger partial charge on any atom is 0.285 e. The van der Waals surface area contributed by atoms with E-state index in [0.29, 0.717) is 6.42 Å². The number of hydrogen-bond acceptors (Lipinski definition) is 3.